The van der Waals surface area contributed by atoms with E-state index in [9.17, 15) is 13.2 Å². The van der Waals surface area contributed by atoms with Crippen LogP contribution in [0.4, 0.5) is 5.69 Å². The van der Waals surface area contributed by atoms with Gasteiger partial charge in [-0.05, 0) is 25.6 Å². The number of nitrogens with zero attached hydrogens (tertiary/aromatic N) is 1. The fraction of sp³-hybridized carbons (Fsp3) is 0.500. The Kier molecular flexibility index (Phi) is 3.96. The molecule has 8 heteroatoms. The quantitative estimate of drug-likeness (QED) is 0.866. The summed E-state index contributed by atoms with van der Waals surface area (Å²) < 4.78 is 33.4. The predicted octanol–water partition coefficient (Wildman–Crippen LogP) is 0.473. The first kappa shape index (κ1) is 15.1. The molecule has 1 N–H and O–H groups in total. The van der Waals surface area contributed by atoms with Crippen LogP contribution < -0.4 is 14.8 Å². The second kappa shape index (κ2) is 5.77. The molecule has 22 heavy (non-hydrogen) atoms. The molecule has 1 atom stereocenters. The lowest BCUT2D eigenvalue weighted by atomic mass is 10.2. The summed E-state index contributed by atoms with van der Waals surface area (Å²) in [6.07, 6.45) is 0.580. The van der Waals surface area contributed by atoms with Crippen molar-refractivity contribution in [2.24, 2.45) is 0 Å². The molecule has 0 bridgehead atoms. The third-order valence-corrected chi connectivity index (χ3v) is 5.63. The third kappa shape index (κ3) is 3.33. The molecule has 1 aromatic rings. The molecule has 0 spiro atoms. The van der Waals surface area contributed by atoms with Gasteiger partial charge in [-0.2, -0.15) is 0 Å². The Morgan fingerprint density at radius 3 is 2.86 bits per heavy atom. The van der Waals surface area contributed by atoms with E-state index in [4.69, 9.17) is 9.47 Å². The monoisotopic (exact) mass is 326 g/mol. The number of sulfone groups is 1. The average Bonchev–Trinajstić information content (AvgIpc) is 3.04. The highest BCUT2D eigenvalue weighted by atomic mass is 32.2. The largest absolute Gasteiger partial charge is 0.454 e. The van der Waals surface area contributed by atoms with Crippen LogP contribution in [0.3, 0.4) is 0 Å². The summed E-state index contributed by atoms with van der Waals surface area (Å²) in [5, 5.41) is 2.78. The summed E-state index contributed by atoms with van der Waals surface area (Å²) in [6, 6.07) is 5.10. The van der Waals surface area contributed by atoms with Gasteiger partial charge in [-0.3, -0.25) is 9.69 Å². The van der Waals surface area contributed by atoms with Crippen LogP contribution in [0.1, 0.15) is 6.42 Å². The number of amides is 1. The van der Waals surface area contributed by atoms with E-state index in [0.29, 0.717) is 23.6 Å². The Hall–Kier alpha value is -1.80. The normalized spacial score (nSPS) is 22.0. The summed E-state index contributed by atoms with van der Waals surface area (Å²) in [6.45, 7) is 0.334. The number of carbonyl (C=O) groups is 1. The van der Waals surface area contributed by atoms with Gasteiger partial charge >= 0.3 is 0 Å². The zero-order valence-corrected chi connectivity index (χ0v) is 13.1. The highest BCUT2D eigenvalue weighted by molar-refractivity contribution is 7.91. The van der Waals surface area contributed by atoms with Crippen molar-refractivity contribution in [1.29, 1.82) is 0 Å². The number of anilines is 1. The van der Waals surface area contributed by atoms with E-state index in [2.05, 4.69) is 5.32 Å². The lowest BCUT2D eigenvalue weighted by Gasteiger charge is -2.22. The Balaban J connectivity index is 1.56. The van der Waals surface area contributed by atoms with Crippen LogP contribution >= 0.6 is 0 Å². The maximum Gasteiger partial charge on any atom is 0.238 e. The van der Waals surface area contributed by atoms with Gasteiger partial charge in [0.05, 0.1) is 18.1 Å². The number of hydrogen-bond acceptors (Lipinski definition) is 6. The van der Waals surface area contributed by atoms with Crippen molar-refractivity contribution < 1.29 is 22.7 Å². The number of carbonyl (C=O) groups excluding carboxylic acids is 1. The van der Waals surface area contributed by atoms with Crippen molar-refractivity contribution in [1.82, 2.24) is 4.90 Å². The Morgan fingerprint density at radius 1 is 1.36 bits per heavy atom. The van der Waals surface area contributed by atoms with E-state index in [-0.39, 0.29) is 36.8 Å². The van der Waals surface area contributed by atoms with Crippen molar-refractivity contribution in [3.8, 4) is 11.5 Å². The highest BCUT2D eigenvalue weighted by Gasteiger charge is 2.31. The number of hydrogen-bond donors (Lipinski definition) is 1. The lowest BCUT2D eigenvalue weighted by molar-refractivity contribution is -0.117. The van der Waals surface area contributed by atoms with Crippen LogP contribution in [0.15, 0.2) is 18.2 Å². The molecule has 0 aromatic heterocycles. The zero-order chi connectivity index (χ0) is 15.7. The average molecular weight is 326 g/mol. The molecule has 2 heterocycles. The molecule has 0 aliphatic carbocycles. The van der Waals surface area contributed by atoms with Crippen LogP contribution in [-0.4, -0.2) is 57.2 Å². The predicted molar refractivity (Wildman–Crippen MR) is 80.9 cm³/mol. The van der Waals surface area contributed by atoms with Crippen molar-refractivity contribution in [3.63, 3.8) is 0 Å². The minimum Gasteiger partial charge on any atom is -0.454 e. The number of ether oxygens (including phenoxy) is 2. The van der Waals surface area contributed by atoms with Gasteiger partial charge in [-0.1, -0.05) is 0 Å². The molecule has 0 saturated carbocycles. The van der Waals surface area contributed by atoms with Gasteiger partial charge in [0, 0.05) is 17.8 Å². The van der Waals surface area contributed by atoms with Crippen LogP contribution in [0.25, 0.3) is 0 Å². The second-order valence-electron chi connectivity index (χ2n) is 5.59. The third-order valence-electron chi connectivity index (χ3n) is 3.88. The van der Waals surface area contributed by atoms with Crippen LogP contribution in [0.2, 0.25) is 0 Å². The number of benzene rings is 1. The molecule has 3 rings (SSSR count). The molecule has 7 nitrogen and oxygen atoms in total. The second-order valence-corrected chi connectivity index (χ2v) is 7.82. The molecule has 1 saturated heterocycles. The maximum absolute atomic E-state index is 12.1. The van der Waals surface area contributed by atoms with Gasteiger partial charge in [0.1, 0.15) is 0 Å². The van der Waals surface area contributed by atoms with Crippen LogP contribution in [-0.2, 0) is 14.6 Å². The first-order valence-electron chi connectivity index (χ1n) is 7.03. The van der Waals surface area contributed by atoms with E-state index >= 15 is 0 Å². The topological polar surface area (TPSA) is 84.9 Å². The fourth-order valence-corrected chi connectivity index (χ4v) is 4.46. The van der Waals surface area contributed by atoms with Gasteiger partial charge in [-0.15, -0.1) is 0 Å². The molecule has 1 amide bonds. The number of nitrogens with one attached hydrogen (secondary N) is 1. The number of fused-ring (bicyclic) bond motifs is 1. The summed E-state index contributed by atoms with van der Waals surface area (Å²) in [5.41, 5.74) is 0.627. The van der Waals surface area contributed by atoms with Crippen molar-refractivity contribution in [3.05, 3.63) is 18.2 Å². The fourth-order valence-electron chi connectivity index (χ4n) is 2.65. The Bertz CT molecular complexity index is 688. The molecule has 0 unspecified atom stereocenters. The SMILES string of the molecule is CN(CC(=O)Nc1ccc2c(c1)OCO2)[C@@H]1CCS(=O)(=O)C1. The number of likely N-dealkylation sites (N-methyl/N-ethyl adjacent to an activating group) is 1. The van der Waals surface area contributed by atoms with Gasteiger partial charge in [0.2, 0.25) is 12.7 Å². The summed E-state index contributed by atoms with van der Waals surface area (Å²) in [4.78, 5) is 13.9. The molecule has 2 aliphatic heterocycles. The van der Waals surface area contributed by atoms with Gasteiger partial charge < -0.3 is 14.8 Å². The van der Waals surface area contributed by atoms with Gasteiger partial charge in [0.25, 0.3) is 0 Å². The minimum atomic E-state index is -2.95. The Morgan fingerprint density at radius 2 is 2.14 bits per heavy atom. The maximum atomic E-state index is 12.1. The van der Waals surface area contributed by atoms with E-state index in [0.717, 1.165) is 0 Å². The first-order chi connectivity index (χ1) is 10.4. The molecule has 120 valence electrons. The molecule has 1 aromatic carbocycles. The Labute approximate surface area is 129 Å². The lowest BCUT2D eigenvalue weighted by Crippen LogP contribution is -2.38. The van der Waals surface area contributed by atoms with E-state index in [1.807, 2.05) is 0 Å². The molecular formula is C14H18N2O5S. The first-order valence-corrected chi connectivity index (χ1v) is 8.85. The van der Waals surface area contributed by atoms with Crippen LogP contribution in [0.5, 0.6) is 11.5 Å². The molecule has 2 aliphatic rings. The summed E-state index contributed by atoms with van der Waals surface area (Å²) in [7, 11) is -1.18. The van der Waals surface area contributed by atoms with Gasteiger partial charge in [-0.25, -0.2) is 8.42 Å². The smallest absolute Gasteiger partial charge is 0.238 e. The minimum absolute atomic E-state index is 0.0903. The van der Waals surface area contributed by atoms with Crippen molar-refractivity contribution >= 4 is 21.4 Å². The molecular weight excluding hydrogens is 308 g/mol. The highest BCUT2D eigenvalue weighted by Crippen LogP contribution is 2.34. The van der Waals surface area contributed by atoms with Crippen molar-refractivity contribution in [2.45, 2.75) is 12.5 Å². The standard InChI is InChI=1S/C14H18N2O5S/c1-16(11-4-5-22(18,19)8-11)7-14(17)15-10-2-3-12-13(6-10)21-9-20-12/h2-3,6,11H,4-5,7-9H2,1H3,(H,15,17)/t11-/m1/s1. The van der Waals surface area contributed by atoms with E-state index in [1.54, 1.807) is 30.1 Å². The number of rotatable bonds is 4. The summed E-state index contributed by atoms with van der Waals surface area (Å²) in [5.74, 6) is 1.40. The van der Waals surface area contributed by atoms with Crippen molar-refractivity contribution in [2.75, 3.05) is 37.2 Å². The zero-order valence-electron chi connectivity index (χ0n) is 12.2. The summed E-state index contributed by atoms with van der Waals surface area (Å²) >= 11 is 0. The van der Waals surface area contributed by atoms with E-state index in [1.165, 1.54) is 0 Å². The van der Waals surface area contributed by atoms with E-state index < -0.39 is 9.84 Å². The molecule has 1 fully saturated rings. The molecule has 0 radical (unpaired) electrons. The van der Waals surface area contributed by atoms with Gasteiger partial charge in [0.15, 0.2) is 21.3 Å². The van der Waals surface area contributed by atoms with Crippen LogP contribution in [0, 0.1) is 0 Å².